The van der Waals surface area contributed by atoms with Gasteiger partial charge in [0, 0.05) is 35.9 Å². The first-order valence-corrected chi connectivity index (χ1v) is 9.56. The van der Waals surface area contributed by atoms with Gasteiger partial charge in [0.05, 0.1) is 0 Å². The number of aromatic nitrogens is 1. The largest absolute Gasteiger partial charge is 0.338 e. The van der Waals surface area contributed by atoms with Crippen molar-refractivity contribution in [2.75, 3.05) is 28.7 Å². The van der Waals surface area contributed by atoms with E-state index in [0.29, 0.717) is 24.0 Å². The number of hydrogen-bond donors (Lipinski definition) is 0. The van der Waals surface area contributed by atoms with Gasteiger partial charge in [0.25, 0.3) is 0 Å². The van der Waals surface area contributed by atoms with E-state index < -0.39 is 15.2 Å². The molecule has 4 nitrogen and oxygen atoms in total. The van der Waals surface area contributed by atoms with Crippen LogP contribution in [0.3, 0.4) is 0 Å². The minimum Gasteiger partial charge on any atom is -0.338 e. The number of pyridine rings is 1. The Balaban J connectivity index is 2.34. The maximum Gasteiger partial charge on any atom is 0.171 e. The van der Waals surface area contributed by atoms with Gasteiger partial charge in [0.2, 0.25) is 0 Å². The molecule has 0 aliphatic carbocycles. The molecule has 0 amide bonds. The van der Waals surface area contributed by atoms with Crippen molar-refractivity contribution in [2.45, 2.75) is 18.2 Å². The van der Waals surface area contributed by atoms with Crippen LogP contribution in [0.15, 0.2) is 18.3 Å². The van der Waals surface area contributed by atoms with Gasteiger partial charge in [-0.15, -0.1) is 11.6 Å². The van der Waals surface area contributed by atoms with E-state index in [-0.39, 0.29) is 5.75 Å². The normalized spacial score (nSPS) is 20.5. The van der Waals surface area contributed by atoms with E-state index in [1.807, 2.05) is 17.0 Å². The number of thioether (sulfide) groups is 1. The van der Waals surface area contributed by atoms with Crippen molar-refractivity contribution in [1.82, 2.24) is 4.98 Å². The van der Waals surface area contributed by atoms with Gasteiger partial charge in [-0.25, -0.2) is 13.4 Å². The highest BCUT2D eigenvalue weighted by atomic mass is 35.5. The number of alkyl halides is 1. The van der Waals surface area contributed by atoms with Gasteiger partial charge in [-0.05, 0) is 17.7 Å². The number of nitrogens with zero attached hydrogens (tertiary/aromatic N) is 2. The van der Waals surface area contributed by atoms with E-state index in [9.17, 15) is 8.42 Å². The van der Waals surface area contributed by atoms with Gasteiger partial charge in [0.1, 0.15) is 11.2 Å². The first-order chi connectivity index (χ1) is 9.08. The lowest BCUT2D eigenvalue weighted by Crippen LogP contribution is -2.48. The molecular weight excluding hydrogens is 304 g/mol. The summed E-state index contributed by atoms with van der Waals surface area (Å²) in [6.45, 7) is 2.39. The molecule has 1 aliphatic rings. The van der Waals surface area contributed by atoms with Crippen molar-refractivity contribution in [1.29, 1.82) is 0 Å². The molecule has 19 heavy (non-hydrogen) atoms. The molecule has 0 N–H and O–H groups in total. The first-order valence-electron chi connectivity index (χ1n) is 6.15. The van der Waals surface area contributed by atoms with Crippen LogP contribution in [0.2, 0.25) is 0 Å². The highest BCUT2D eigenvalue weighted by Crippen LogP contribution is 2.26. The minimum absolute atomic E-state index is 0.157. The predicted octanol–water partition coefficient (Wildman–Crippen LogP) is 2.13. The summed E-state index contributed by atoms with van der Waals surface area (Å²) in [7, 11) is -3.11. The summed E-state index contributed by atoms with van der Waals surface area (Å²) >= 11 is 7.50. The molecule has 0 bridgehead atoms. The molecule has 2 rings (SSSR count). The fraction of sp³-hybridized carbons (Fsp3) is 0.583. The molecule has 0 radical (unpaired) electrons. The van der Waals surface area contributed by atoms with E-state index in [1.165, 1.54) is 0 Å². The van der Waals surface area contributed by atoms with Gasteiger partial charge < -0.3 is 4.90 Å². The monoisotopic (exact) mass is 320 g/mol. The van der Waals surface area contributed by atoms with Crippen molar-refractivity contribution in [2.24, 2.45) is 0 Å². The van der Waals surface area contributed by atoms with Crippen molar-refractivity contribution in [3.05, 3.63) is 23.9 Å². The van der Waals surface area contributed by atoms with Gasteiger partial charge in [-0.2, -0.15) is 11.8 Å². The summed E-state index contributed by atoms with van der Waals surface area (Å²) < 4.78 is 24.4. The van der Waals surface area contributed by atoms with Crippen LogP contribution in [0.5, 0.6) is 0 Å². The number of halogens is 1. The molecule has 1 unspecified atom stereocenters. The third-order valence-corrected chi connectivity index (χ3v) is 6.76. The Morgan fingerprint density at radius 1 is 1.58 bits per heavy atom. The Labute approximate surface area is 123 Å². The van der Waals surface area contributed by atoms with Gasteiger partial charge in [-0.1, -0.05) is 6.92 Å². The second-order valence-corrected chi connectivity index (χ2v) is 8.19. The van der Waals surface area contributed by atoms with Crippen LogP contribution in [0.1, 0.15) is 12.5 Å². The number of anilines is 1. The number of rotatable bonds is 4. The SMILES string of the molecule is CCS(=O)(=O)C1CSCCN1c1cc(CCl)ccn1. The van der Waals surface area contributed by atoms with Crippen LogP contribution in [0.25, 0.3) is 0 Å². The average Bonchev–Trinajstić information content (AvgIpc) is 2.47. The predicted molar refractivity (Wildman–Crippen MR) is 81.7 cm³/mol. The first kappa shape index (κ1) is 14.9. The smallest absolute Gasteiger partial charge is 0.171 e. The van der Waals surface area contributed by atoms with Crippen molar-refractivity contribution in [3.63, 3.8) is 0 Å². The fourth-order valence-electron chi connectivity index (χ4n) is 2.03. The molecule has 1 aromatic rings. The minimum atomic E-state index is -3.11. The molecule has 1 atom stereocenters. The van der Waals surface area contributed by atoms with Crippen molar-refractivity contribution >= 4 is 39.0 Å². The molecule has 1 saturated heterocycles. The van der Waals surface area contributed by atoms with Crippen molar-refractivity contribution < 1.29 is 8.42 Å². The second-order valence-electron chi connectivity index (χ2n) is 4.33. The highest BCUT2D eigenvalue weighted by Gasteiger charge is 2.33. The van der Waals surface area contributed by atoms with Crippen LogP contribution in [-0.2, 0) is 15.7 Å². The molecule has 0 aromatic carbocycles. The second kappa shape index (κ2) is 6.33. The molecule has 7 heteroatoms. The molecule has 1 aromatic heterocycles. The number of hydrogen-bond acceptors (Lipinski definition) is 5. The molecule has 0 spiro atoms. The zero-order chi connectivity index (χ0) is 13.9. The lowest BCUT2D eigenvalue weighted by Gasteiger charge is -2.35. The topological polar surface area (TPSA) is 50.3 Å². The van der Waals surface area contributed by atoms with E-state index in [0.717, 1.165) is 11.3 Å². The Kier molecular flexibility index (Phi) is 4.97. The lowest BCUT2D eigenvalue weighted by atomic mass is 10.3. The van der Waals surface area contributed by atoms with Gasteiger partial charge >= 0.3 is 0 Å². The van der Waals surface area contributed by atoms with Crippen LogP contribution in [0.4, 0.5) is 5.82 Å². The molecule has 1 fully saturated rings. The van der Waals surface area contributed by atoms with Gasteiger partial charge in [-0.3, -0.25) is 0 Å². The summed E-state index contributed by atoms with van der Waals surface area (Å²) in [4.78, 5) is 6.20. The van der Waals surface area contributed by atoms with E-state index in [1.54, 1.807) is 24.9 Å². The molecular formula is C12H17ClN2O2S2. The Morgan fingerprint density at radius 3 is 3.05 bits per heavy atom. The maximum absolute atomic E-state index is 12.2. The zero-order valence-electron chi connectivity index (χ0n) is 10.8. The lowest BCUT2D eigenvalue weighted by molar-refractivity contribution is 0.579. The van der Waals surface area contributed by atoms with E-state index in [4.69, 9.17) is 11.6 Å². The number of sulfone groups is 1. The summed E-state index contributed by atoms with van der Waals surface area (Å²) in [5, 5.41) is -0.477. The summed E-state index contributed by atoms with van der Waals surface area (Å²) in [5.74, 6) is 2.79. The molecule has 1 aliphatic heterocycles. The average molecular weight is 321 g/mol. The molecule has 0 saturated carbocycles. The quantitative estimate of drug-likeness (QED) is 0.796. The third kappa shape index (κ3) is 3.35. The maximum atomic E-state index is 12.2. The van der Waals surface area contributed by atoms with Crippen LogP contribution < -0.4 is 4.90 Å². The van der Waals surface area contributed by atoms with Gasteiger partial charge in [0.15, 0.2) is 9.84 Å². The standard InChI is InChI=1S/C12H17ClN2O2S2/c1-2-19(16,17)12-9-18-6-5-15(12)11-7-10(8-13)3-4-14-11/h3-4,7,12H,2,5-6,8-9H2,1H3. The zero-order valence-corrected chi connectivity index (χ0v) is 13.1. The van der Waals surface area contributed by atoms with E-state index >= 15 is 0 Å². The summed E-state index contributed by atoms with van der Waals surface area (Å²) in [5.41, 5.74) is 0.956. The third-order valence-electron chi connectivity index (χ3n) is 3.16. The highest BCUT2D eigenvalue weighted by molar-refractivity contribution is 8.01. The molecule has 2 heterocycles. The fourth-order valence-corrected chi connectivity index (χ4v) is 5.18. The Morgan fingerprint density at radius 2 is 2.37 bits per heavy atom. The van der Waals surface area contributed by atoms with Crippen LogP contribution in [-0.4, -0.2) is 42.6 Å². The van der Waals surface area contributed by atoms with Crippen molar-refractivity contribution in [3.8, 4) is 0 Å². The summed E-state index contributed by atoms with van der Waals surface area (Å²) in [6, 6.07) is 3.72. The molecule has 106 valence electrons. The van der Waals surface area contributed by atoms with E-state index in [2.05, 4.69) is 4.98 Å². The Bertz CT molecular complexity index is 536. The summed E-state index contributed by atoms with van der Waals surface area (Å²) in [6.07, 6.45) is 1.68. The Hall–Kier alpha value is -0.460. The van der Waals surface area contributed by atoms with Crippen LogP contribution >= 0.6 is 23.4 Å². The van der Waals surface area contributed by atoms with Crippen LogP contribution in [0, 0.1) is 0 Å².